The van der Waals surface area contributed by atoms with Crippen LogP contribution in [0.2, 0.25) is 0 Å². The van der Waals surface area contributed by atoms with Crippen LogP contribution in [0.15, 0.2) is 46.0 Å². The maximum atomic E-state index is 13.9. The van der Waals surface area contributed by atoms with Crippen LogP contribution in [0.5, 0.6) is 0 Å². The molecule has 2 aromatic carbocycles. The quantitative estimate of drug-likeness (QED) is 0.587. The Morgan fingerprint density at radius 2 is 2.04 bits per heavy atom. The second kappa shape index (κ2) is 8.18. The normalized spacial score (nSPS) is 12.0. The van der Waals surface area contributed by atoms with E-state index in [1.165, 1.54) is 23.9 Å². The van der Waals surface area contributed by atoms with Crippen LogP contribution in [0.25, 0.3) is 5.69 Å². The van der Waals surface area contributed by atoms with Crippen LogP contribution in [0.4, 0.5) is 10.1 Å². The number of nitrogens with one attached hydrogen (secondary N) is 1. The molecule has 0 aliphatic rings. The molecule has 1 atom stereocenters. The molecule has 0 saturated carbocycles. The first kappa shape index (κ1) is 19.5. The number of nitrogens with zero attached hydrogens (tertiary/aromatic N) is 4. The van der Waals surface area contributed by atoms with Gasteiger partial charge in [-0.15, -0.1) is 5.10 Å². The van der Waals surface area contributed by atoms with Crippen molar-refractivity contribution in [2.24, 2.45) is 0 Å². The third-order valence-electron chi connectivity index (χ3n) is 3.86. The van der Waals surface area contributed by atoms with E-state index in [0.29, 0.717) is 9.63 Å². The summed E-state index contributed by atoms with van der Waals surface area (Å²) in [6, 6.07) is 10.4. The number of amides is 1. The van der Waals surface area contributed by atoms with Crippen molar-refractivity contribution in [2.75, 3.05) is 5.32 Å². The third kappa shape index (κ3) is 4.54. The van der Waals surface area contributed by atoms with Crippen LogP contribution >= 0.6 is 27.7 Å². The van der Waals surface area contributed by atoms with Crippen molar-refractivity contribution in [3.05, 3.63) is 57.8 Å². The predicted octanol–water partition coefficient (Wildman–Crippen LogP) is 4.30. The van der Waals surface area contributed by atoms with Gasteiger partial charge < -0.3 is 5.32 Å². The number of halogens is 2. The minimum absolute atomic E-state index is 0.129. The lowest BCUT2D eigenvalue weighted by atomic mass is 10.1. The van der Waals surface area contributed by atoms with Gasteiger partial charge in [0.15, 0.2) is 0 Å². The summed E-state index contributed by atoms with van der Waals surface area (Å²) in [5, 5.41) is 14.3. The molecular weight excluding hydrogens is 433 g/mol. The molecule has 0 saturated heterocycles. The van der Waals surface area contributed by atoms with Gasteiger partial charge in [-0.05, 0) is 61.0 Å². The predicted molar refractivity (Wildman–Crippen MR) is 107 cm³/mol. The fourth-order valence-electron chi connectivity index (χ4n) is 2.48. The summed E-state index contributed by atoms with van der Waals surface area (Å²) in [6.07, 6.45) is 0. The van der Waals surface area contributed by atoms with Crippen LogP contribution in [-0.2, 0) is 4.79 Å². The number of thioether (sulfide) groups is 1. The molecule has 1 N–H and O–H groups in total. The summed E-state index contributed by atoms with van der Waals surface area (Å²) >= 11 is 4.39. The number of aryl methyl sites for hydroxylation is 2. The summed E-state index contributed by atoms with van der Waals surface area (Å²) in [7, 11) is 0. The lowest BCUT2D eigenvalue weighted by molar-refractivity contribution is -0.115. The highest BCUT2D eigenvalue weighted by atomic mass is 79.9. The minimum Gasteiger partial charge on any atom is -0.323 e. The Balaban J connectivity index is 1.76. The molecule has 1 aromatic heterocycles. The molecule has 1 unspecified atom stereocenters. The number of hydrogen-bond donors (Lipinski definition) is 1. The molecule has 3 aromatic rings. The van der Waals surface area contributed by atoms with E-state index < -0.39 is 11.1 Å². The number of hydrogen-bond acceptors (Lipinski definition) is 5. The monoisotopic (exact) mass is 449 g/mol. The van der Waals surface area contributed by atoms with Crippen LogP contribution in [0.1, 0.15) is 18.1 Å². The molecule has 1 amide bonds. The number of carbonyl (C=O) groups is 1. The Bertz CT molecular complexity index is 994. The molecule has 0 radical (unpaired) electrons. The maximum absolute atomic E-state index is 13.9. The van der Waals surface area contributed by atoms with Gasteiger partial charge in [-0.1, -0.05) is 45.4 Å². The first-order valence-electron chi connectivity index (χ1n) is 8.13. The zero-order valence-electron chi connectivity index (χ0n) is 14.9. The van der Waals surface area contributed by atoms with Crippen LogP contribution < -0.4 is 5.32 Å². The van der Waals surface area contributed by atoms with Gasteiger partial charge in [0.05, 0.1) is 16.6 Å². The van der Waals surface area contributed by atoms with Gasteiger partial charge in [-0.2, -0.15) is 4.68 Å². The number of tetrazole rings is 1. The minimum atomic E-state index is -0.524. The molecule has 0 aliphatic carbocycles. The van der Waals surface area contributed by atoms with E-state index in [1.807, 2.05) is 32.0 Å². The van der Waals surface area contributed by atoms with Gasteiger partial charge in [0.25, 0.3) is 0 Å². The standard InChI is InChI=1S/C18H17BrFN5OS/c1-10-4-7-16(11(2)8-10)25-18(22-23-24-25)27-12(3)17(26)21-15-6-5-13(19)9-14(15)20/h4-9,12H,1-3H3,(H,21,26). The van der Waals surface area contributed by atoms with Crippen molar-refractivity contribution >= 4 is 39.3 Å². The Morgan fingerprint density at radius 3 is 2.74 bits per heavy atom. The topological polar surface area (TPSA) is 72.7 Å². The van der Waals surface area contributed by atoms with Gasteiger partial charge in [0.1, 0.15) is 5.82 Å². The number of aromatic nitrogens is 4. The Kier molecular flexibility index (Phi) is 5.91. The fraction of sp³-hybridized carbons (Fsp3) is 0.222. The van der Waals surface area contributed by atoms with E-state index in [2.05, 4.69) is 36.8 Å². The summed E-state index contributed by atoms with van der Waals surface area (Å²) in [4.78, 5) is 12.4. The van der Waals surface area contributed by atoms with Crippen LogP contribution in [0.3, 0.4) is 0 Å². The Morgan fingerprint density at radius 1 is 1.26 bits per heavy atom. The average Bonchev–Trinajstić information content (AvgIpc) is 3.05. The fourth-order valence-corrected chi connectivity index (χ4v) is 3.62. The highest BCUT2D eigenvalue weighted by Crippen LogP contribution is 2.26. The van der Waals surface area contributed by atoms with Gasteiger partial charge in [0, 0.05) is 4.47 Å². The summed E-state index contributed by atoms with van der Waals surface area (Å²) in [5.74, 6) is -0.841. The van der Waals surface area contributed by atoms with Gasteiger partial charge in [0.2, 0.25) is 11.1 Å². The van der Waals surface area contributed by atoms with E-state index in [4.69, 9.17) is 0 Å². The van der Waals surface area contributed by atoms with Crippen molar-refractivity contribution in [3.8, 4) is 5.69 Å². The van der Waals surface area contributed by atoms with Gasteiger partial charge in [-0.25, -0.2) is 4.39 Å². The van der Waals surface area contributed by atoms with E-state index in [9.17, 15) is 9.18 Å². The van der Waals surface area contributed by atoms with E-state index >= 15 is 0 Å². The summed E-state index contributed by atoms with van der Waals surface area (Å²) in [6.45, 7) is 5.71. The Labute approximate surface area is 168 Å². The second-order valence-electron chi connectivity index (χ2n) is 6.04. The molecule has 1 heterocycles. The van der Waals surface area contributed by atoms with E-state index in [1.54, 1.807) is 17.7 Å². The molecule has 9 heteroatoms. The highest BCUT2D eigenvalue weighted by molar-refractivity contribution is 9.10. The number of anilines is 1. The van der Waals surface area contributed by atoms with Gasteiger partial charge >= 0.3 is 0 Å². The molecule has 3 rings (SSSR count). The molecule has 6 nitrogen and oxygen atoms in total. The maximum Gasteiger partial charge on any atom is 0.237 e. The average molecular weight is 450 g/mol. The molecule has 0 fully saturated rings. The lowest BCUT2D eigenvalue weighted by Crippen LogP contribution is -2.23. The third-order valence-corrected chi connectivity index (χ3v) is 5.39. The summed E-state index contributed by atoms with van der Waals surface area (Å²) in [5.41, 5.74) is 3.14. The molecule has 0 bridgehead atoms. The second-order valence-corrected chi connectivity index (χ2v) is 8.26. The van der Waals surface area contributed by atoms with E-state index in [-0.39, 0.29) is 11.6 Å². The molecule has 0 spiro atoms. The highest BCUT2D eigenvalue weighted by Gasteiger charge is 2.21. The van der Waals surface area contributed by atoms with Crippen molar-refractivity contribution < 1.29 is 9.18 Å². The zero-order valence-corrected chi connectivity index (χ0v) is 17.3. The number of carbonyl (C=O) groups excluding carboxylic acids is 1. The van der Waals surface area contributed by atoms with E-state index in [0.717, 1.165) is 16.8 Å². The molecule has 0 aliphatic heterocycles. The van der Waals surface area contributed by atoms with Gasteiger partial charge in [-0.3, -0.25) is 4.79 Å². The SMILES string of the molecule is Cc1ccc(-n2nnnc2SC(C)C(=O)Nc2ccc(Br)cc2F)c(C)c1. The molecule has 140 valence electrons. The first-order valence-corrected chi connectivity index (χ1v) is 9.81. The first-order chi connectivity index (χ1) is 12.8. The zero-order chi connectivity index (χ0) is 19.6. The molecule has 27 heavy (non-hydrogen) atoms. The van der Waals surface area contributed by atoms with Crippen molar-refractivity contribution in [1.82, 2.24) is 20.2 Å². The summed E-state index contributed by atoms with van der Waals surface area (Å²) < 4.78 is 16.1. The number of rotatable bonds is 5. The van der Waals surface area contributed by atoms with Crippen molar-refractivity contribution in [1.29, 1.82) is 0 Å². The molecular formula is C18H17BrFN5OS. The largest absolute Gasteiger partial charge is 0.323 e. The van der Waals surface area contributed by atoms with Crippen molar-refractivity contribution in [2.45, 2.75) is 31.2 Å². The Hall–Kier alpha value is -2.26. The van der Waals surface area contributed by atoms with Crippen LogP contribution in [0, 0.1) is 19.7 Å². The number of benzene rings is 2. The van der Waals surface area contributed by atoms with Crippen LogP contribution in [-0.4, -0.2) is 31.4 Å². The lowest BCUT2D eigenvalue weighted by Gasteiger charge is -2.13. The smallest absolute Gasteiger partial charge is 0.237 e. The van der Waals surface area contributed by atoms with Crippen molar-refractivity contribution in [3.63, 3.8) is 0 Å².